The highest BCUT2D eigenvalue weighted by Crippen LogP contribution is 2.22. The second-order valence-corrected chi connectivity index (χ2v) is 6.85. The van der Waals surface area contributed by atoms with Crippen LogP contribution in [0.2, 0.25) is 0 Å². The Morgan fingerprint density at radius 3 is 2.08 bits per heavy atom. The molecule has 1 aromatic carbocycles. The van der Waals surface area contributed by atoms with Gasteiger partial charge in [-0.1, -0.05) is 51.1 Å². The predicted octanol–water partition coefficient (Wildman–Crippen LogP) is 1.16. The van der Waals surface area contributed by atoms with Crippen LogP contribution in [0.3, 0.4) is 0 Å². The Bertz CT molecular complexity index is 1120. The quantitative estimate of drug-likeness (QED) is 0.630. The summed E-state index contributed by atoms with van der Waals surface area (Å²) in [5, 5.41) is 0.388. The molecule has 0 aliphatic carbocycles. The molecule has 0 atom stereocenters. The van der Waals surface area contributed by atoms with E-state index >= 15 is 0 Å². The van der Waals surface area contributed by atoms with Gasteiger partial charge < -0.3 is 15.0 Å². The number of benzene rings is 1. The summed E-state index contributed by atoms with van der Waals surface area (Å²) in [6.07, 6.45) is 4.80. The summed E-state index contributed by atoms with van der Waals surface area (Å²) < 4.78 is 0. The van der Waals surface area contributed by atoms with E-state index < -0.39 is 0 Å². The molecular weight excluding hydrogens is 352 g/mol. The normalized spacial score (nSPS) is 12.9. The number of nitrogens with one attached hydrogen (secondary N) is 3. The summed E-state index contributed by atoms with van der Waals surface area (Å²) in [5.41, 5.74) is 1.48. The Morgan fingerprint density at radius 1 is 0.923 bits per heavy atom. The minimum absolute atomic E-state index is 0. The Labute approximate surface area is 156 Å². The molecule has 0 aliphatic rings. The Kier molecular flexibility index (Phi) is 5.67. The third-order valence-electron chi connectivity index (χ3n) is 3.80. The van der Waals surface area contributed by atoms with Crippen LogP contribution in [0.15, 0.2) is 46.2 Å². The predicted molar refractivity (Wildman–Crippen MR) is 105 cm³/mol. The molecule has 0 aliphatic heterocycles. The molecule has 2 heterocycles. The highest BCUT2D eigenvalue weighted by Gasteiger charge is 2.19. The molecule has 26 heavy (non-hydrogen) atoms. The van der Waals surface area contributed by atoms with E-state index in [0.717, 1.165) is 11.3 Å². The van der Waals surface area contributed by atoms with Crippen LogP contribution in [-0.4, -0.2) is 19.9 Å². The maximum Gasteiger partial charge on any atom is 0.272 e. The van der Waals surface area contributed by atoms with Gasteiger partial charge in [-0.3, -0.25) is 9.59 Å². The van der Waals surface area contributed by atoms with E-state index in [4.69, 9.17) is 0 Å². The van der Waals surface area contributed by atoms with Gasteiger partial charge in [0.2, 0.25) is 0 Å². The van der Waals surface area contributed by atoms with E-state index in [-0.39, 0.29) is 39.6 Å². The lowest BCUT2D eigenvalue weighted by Gasteiger charge is -2.16. The molecule has 3 rings (SSSR count). The van der Waals surface area contributed by atoms with Crippen LogP contribution in [0.5, 0.6) is 0 Å². The number of hydrogen-bond acceptors (Lipinski definition) is 3. The first-order chi connectivity index (χ1) is 11.8. The maximum absolute atomic E-state index is 12.4. The zero-order valence-electron chi connectivity index (χ0n) is 14.8. The highest BCUT2D eigenvalue weighted by atomic mass is 35.5. The van der Waals surface area contributed by atoms with Crippen molar-refractivity contribution in [1.82, 2.24) is 19.9 Å². The van der Waals surface area contributed by atoms with Crippen molar-refractivity contribution < 1.29 is 0 Å². The lowest BCUT2D eigenvalue weighted by atomic mass is 9.90. The summed E-state index contributed by atoms with van der Waals surface area (Å²) in [5.74, 6) is 0. The van der Waals surface area contributed by atoms with Crippen LogP contribution in [0.4, 0.5) is 0 Å². The smallest absolute Gasteiger partial charge is 0.272 e. The lowest BCUT2D eigenvalue weighted by Crippen LogP contribution is -2.46. The van der Waals surface area contributed by atoms with Crippen LogP contribution in [0.1, 0.15) is 37.7 Å². The summed E-state index contributed by atoms with van der Waals surface area (Å²) in [7, 11) is 0. The molecule has 136 valence electrons. The van der Waals surface area contributed by atoms with Crippen molar-refractivity contribution in [3.63, 3.8) is 0 Å². The number of halogens is 1. The van der Waals surface area contributed by atoms with E-state index in [1.165, 1.54) is 0 Å². The van der Waals surface area contributed by atoms with Gasteiger partial charge in [-0.05, 0) is 17.7 Å². The topological polar surface area (TPSA) is 94.4 Å². The molecular formula is C19H21ClN4O2. The largest absolute Gasteiger partial charge is 0.348 e. The molecule has 0 unspecified atom stereocenters. The fourth-order valence-electron chi connectivity index (χ4n) is 2.56. The maximum atomic E-state index is 12.4. The van der Waals surface area contributed by atoms with E-state index in [0.29, 0.717) is 5.69 Å². The van der Waals surface area contributed by atoms with E-state index in [2.05, 4.69) is 19.9 Å². The van der Waals surface area contributed by atoms with Crippen LogP contribution >= 0.6 is 12.4 Å². The zero-order chi connectivity index (χ0) is 18.0. The lowest BCUT2D eigenvalue weighted by molar-refractivity contribution is 0.571. The number of H-pyrrole nitrogens is 3. The fourth-order valence-corrected chi connectivity index (χ4v) is 2.56. The second-order valence-electron chi connectivity index (χ2n) is 6.85. The molecule has 0 radical (unpaired) electrons. The van der Waals surface area contributed by atoms with Gasteiger partial charge in [-0.15, -0.1) is 12.4 Å². The van der Waals surface area contributed by atoms with Gasteiger partial charge in [-0.2, -0.15) is 0 Å². The number of rotatable bonds is 2. The van der Waals surface area contributed by atoms with E-state index in [1.54, 1.807) is 18.5 Å². The van der Waals surface area contributed by atoms with Crippen molar-refractivity contribution in [2.24, 2.45) is 0 Å². The van der Waals surface area contributed by atoms with E-state index in [1.807, 2.05) is 51.1 Å². The molecule has 6 nitrogen and oxygen atoms in total. The molecule has 0 amide bonds. The van der Waals surface area contributed by atoms with Crippen molar-refractivity contribution in [3.05, 3.63) is 85.0 Å². The number of nitrogens with zero attached hydrogens (tertiary/aromatic N) is 1. The first-order valence-electron chi connectivity index (χ1n) is 7.99. The summed E-state index contributed by atoms with van der Waals surface area (Å²) >= 11 is 0. The van der Waals surface area contributed by atoms with Crippen LogP contribution in [0.25, 0.3) is 12.2 Å². The first kappa shape index (κ1) is 19.5. The molecule has 0 fully saturated rings. The van der Waals surface area contributed by atoms with Gasteiger partial charge in [0.15, 0.2) is 0 Å². The first-order valence-corrected chi connectivity index (χ1v) is 7.99. The van der Waals surface area contributed by atoms with Gasteiger partial charge in [-0.25, -0.2) is 4.98 Å². The number of aromatic amines is 3. The van der Waals surface area contributed by atoms with Crippen LogP contribution in [-0.2, 0) is 5.41 Å². The summed E-state index contributed by atoms with van der Waals surface area (Å²) in [4.78, 5) is 37.3. The number of hydrogen-bond donors (Lipinski definition) is 3. The van der Waals surface area contributed by atoms with Crippen molar-refractivity contribution >= 4 is 24.6 Å². The number of imidazole rings is 1. The van der Waals surface area contributed by atoms with Gasteiger partial charge >= 0.3 is 0 Å². The number of aromatic nitrogens is 4. The van der Waals surface area contributed by atoms with Crippen LogP contribution < -0.4 is 21.8 Å². The average Bonchev–Trinajstić information content (AvgIpc) is 3.02. The molecule has 3 N–H and O–H groups in total. The minimum atomic E-state index is -0.371. The Balaban J connectivity index is 0.00000243. The molecule has 7 heteroatoms. The van der Waals surface area contributed by atoms with Gasteiger partial charge in [0, 0.05) is 11.1 Å². The summed E-state index contributed by atoms with van der Waals surface area (Å²) in [6.45, 7) is 6.13. The fraction of sp³-hybridized carbons (Fsp3) is 0.211. The molecule has 0 bridgehead atoms. The highest BCUT2D eigenvalue weighted by molar-refractivity contribution is 5.85. The Hall–Kier alpha value is -2.86. The van der Waals surface area contributed by atoms with Crippen molar-refractivity contribution in [1.29, 1.82) is 0 Å². The van der Waals surface area contributed by atoms with Gasteiger partial charge in [0.25, 0.3) is 11.1 Å². The zero-order valence-corrected chi connectivity index (χ0v) is 15.6. The van der Waals surface area contributed by atoms with Crippen molar-refractivity contribution in [2.75, 3.05) is 0 Å². The van der Waals surface area contributed by atoms with E-state index in [9.17, 15) is 9.59 Å². The van der Waals surface area contributed by atoms with Crippen molar-refractivity contribution in [2.45, 2.75) is 26.2 Å². The molecule has 0 spiro atoms. The average molecular weight is 373 g/mol. The van der Waals surface area contributed by atoms with Gasteiger partial charge in [0.05, 0.1) is 12.0 Å². The third-order valence-corrected chi connectivity index (χ3v) is 3.80. The minimum Gasteiger partial charge on any atom is -0.348 e. The molecule has 3 aromatic rings. The SMILES string of the molecule is CC(C)(C)c1[nH]cnc1/C=c1\[nH]c(=O)/c(=C/c2ccccc2)[nH]c1=O.Cl. The summed E-state index contributed by atoms with van der Waals surface area (Å²) in [6, 6.07) is 9.34. The molecule has 0 saturated carbocycles. The van der Waals surface area contributed by atoms with Crippen molar-refractivity contribution in [3.8, 4) is 0 Å². The second kappa shape index (κ2) is 7.58. The Morgan fingerprint density at radius 2 is 1.50 bits per heavy atom. The molecule has 2 aromatic heterocycles. The monoisotopic (exact) mass is 372 g/mol. The molecule has 0 saturated heterocycles. The standard InChI is InChI=1S/C19H20N4O2.ClH/c1-19(2,3)16-13(20-11-21-16)10-15-18(25)22-14(17(24)23-15)9-12-7-5-4-6-8-12;/h4-11H,1-3H3,(H,20,21)(H,22,25)(H,23,24);1H/b14-9-,15-10-;. The van der Waals surface area contributed by atoms with Crippen LogP contribution in [0, 0.1) is 0 Å². The third kappa shape index (κ3) is 4.21. The van der Waals surface area contributed by atoms with Gasteiger partial charge in [0.1, 0.15) is 10.7 Å².